The minimum atomic E-state index is -0.520. The number of nitrogens with zero attached hydrogens (tertiary/aromatic N) is 1. The number of halogens is 1. The molecule has 0 saturated heterocycles. The fourth-order valence-corrected chi connectivity index (χ4v) is 2.19. The molecule has 0 atom stereocenters. The van der Waals surface area contributed by atoms with Crippen molar-refractivity contribution >= 4 is 41.7 Å². The normalized spacial score (nSPS) is 12.0. The zero-order chi connectivity index (χ0) is 21.2. The third-order valence-corrected chi connectivity index (χ3v) is 3.74. The van der Waals surface area contributed by atoms with E-state index in [0.717, 1.165) is 31.0 Å². The quantitative estimate of drug-likeness (QED) is 0.238. The molecular formula is C21H37IN4O3. The minimum absolute atomic E-state index is 0. The topological polar surface area (TPSA) is 95.0 Å². The molecule has 0 fully saturated rings. The van der Waals surface area contributed by atoms with E-state index in [2.05, 4.69) is 20.9 Å². The van der Waals surface area contributed by atoms with Gasteiger partial charge >= 0.3 is 6.09 Å². The zero-order valence-electron chi connectivity index (χ0n) is 18.5. The van der Waals surface area contributed by atoms with E-state index in [0.29, 0.717) is 12.2 Å². The highest BCUT2D eigenvalue weighted by Gasteiger charge is 2.16. The maximum absolute atomic E-state index is 11.8. The smallest absolute Gasteiger partial charge is 0.412 e. The number of carbonyl (C=O) groups excluding carboxylic acids is 1. The Bertz CT molecular complexity index is 640. The van der Waals surface area contributed by atoms with Gasteiger partial charge < -0.3 is 20.5 Å². The van der Waals surface area contributed by atoms with Crippen LogP contribution >= 0.6 is 24.0 Å². The molecule has 1 rings (SSSR count). The molecule has 1 amide bonds. The van der Waals surface area contributed by atoms with Crippen LogP contribution in [0.25, 0.3) is 0 Å². The summed E-state index contributed by atoms with van der Waals surface area (Å²) < 4.78 is 5.25. The number of carbonyl (C=O) groups is 1. The van der Waals surface area contributed by atoms with Gasteiger partial charge in [0.2, 0.25) is 0 Å². The third kappa shape index (κ3) is 12.6. The van der Waals surface area contributed by atoms with Gasteiger partial charge in [-0.15, -0.1) is 24.0 Å². The molecule has 0 aliphatic rings. The second-order valence-corrected chi connectivity index (χ2v) is 8.52. The molecule has 0 unspecified atom stereocenters. The van der Waals surface area contributed by atoms with Gasteiger partial charge in [0.1, 0.15) is 5.60 Å². The van der Waals surface area contributed by atoms with E-state index in [1.54, 1.807) is 0 Å². The van der Waals surface area contributed by atoms with Crippen LogP contribution in [0.2, 0.25) is 0 Å². The third-order valence-electron chi connectivity index (χ3n) is 3.74. The summed E-state index contributed by atoms with van der Waals surface area (Å²) in [6.07, 6.45) is 0.361. The van der Waals surface area contributed by atoms with Crippen molar-refractivity contribution in [1.29, 1.82) is 0 Å². The summed E-state index contributed by atoms with van der Waals surface area (Å²) in [5.74, 6) is 0.743. The molecule has 0 heterocycles. The Morgan fingerprint density at radius 3 is 2.24 bits per heavy atom. The van der Waals surface area contributed by atoms with E-state index in [-0.39, 0.29) is 36.0 Å². The molecule has 8 heteroatoms. The van der Waals surface area contributed by atoms with Gasteiger partial charge in [-0.3, -0.25) is 10.3 Å². The summed E-state index contributed by atoms with van der Waals surface area (Å²) in [6.45, 7) is 13.6. The number of anilines is 1. The Labute approximate surface area is 192 Å². The molecule has 0 aliphatic carbocycles. The van der Waals surface area contributed by atoms with E-state index in [1.807, 2.05) is 65.8 Å². The number of rotatable bonds is 8. The molecule has 0 radical (unpaired) electrons. The number of ether oxygens (including phenoxy) is 1. The molecule has 1 aromatic rings. The number of aliphatic hydroxyl groups is 1. The van der Waals surface area contributed by atoms with Crippen LogP contribution in [0, 0.1) is 5.41 Å². The van der Waals surface area contributed by atoms with Crippen molar-refractivity contribution in [3.63, 3.8) is 0 Å². The van der Waals surface area contributed by atoms with Crippen molar-refractivity contribution in [2.24, 2.45) is 10.4 Å². The van der Waals surface area contributed by atoms with Gasteiger partial charge in [-0.2, -0.15) is 0 Å². The van der Waals surface area contributed by atoms with Gasteiger partial charge in [0.15, 0.2) is 5.96 Å². The molecule has 0 spiro atoms. The predicted molar refractivity (Wildman–Crippen MR) is 130 cm³/mol. The Balaban J connectivity index is 0.00000784. The SMILES string of the molecule is CCNC(=NCC(C)(C)CO)NCCc1ccc(NC(=O)OC(C)(C)C)cc1.I. The fourth-order valence-electron chi connectivity index (χ4n) is 2.19. The molecule has 4 N–H and O–H groups in total. The number of nitrogens with one attached hydrogen (secondary N) is 3. The van der Waals surface area contributed by atoms with Crippen LogP contribution in [0.5, 0.6) is 0 Å². The first-order chi connectivity index (χ1) is 13.0. The van der Waals surface area contributed by atoms with Crippen LogP contribution in [0.1, 0.15) is 47.1 Å². The molecule has 0 aromatic heterocycles. The zero-order valence-corrected chi connectivity index (χ0v) is 20.8. The second kappa shape index (κ2) is 12.9. The number of guanidine groups is 1. The lowest BCUT2D eigenvalue weighted by atomic mass is 9.95. The Morgan fingerprint density at radius 1 is 1.10 bits per heavy atom. The number of hydrogen-bond acceptors (Lipinski definition) is 4. The van der Waals surface area contributed by atoms with Gasteiger partial charge in [0.25, 0.3) is 0 Å². The number of aliphatic hydroxyl groups excluding tert-OH is 1. The van der Waals surface area contributed by atoms with Crippen LogP contribution in [0.4, 0.5) is 10.5 Å². The Hall–Kier alpha value is -1.55. The van der Waals surface area contributed by atoms with Crippen molar-refractivity contribution < 1.29 is 14.6 Å². The highest BCUT2D eigenvalue weighted by Crippen LogP contribution is 2.14. The predicted octanol–water partition coefficient (Wildman–Crippen LogP) is 3.77. The number of benzene rings is 1. The number of hydrogen-bond donors (Lipinski definition) is 4. The molecule has 0 saturated carbocycles. The number of amides is 1. The van der Waals surface area contributed by atoms with Crippen LogP contribution in [-0.4, -0.2) is 49.0 Å². The van der Waals surface area contributed by atoms with Gasteiger partial charge in [-0.1, -0.05) is 26.0 Å². The largest absolute Gasteiger partial charge is 0.444 e. The Morgan fingerprint density at radius 2 is 1.72 bits per heavy atom. The Kier molecular flexibility index (Phi) is 12.2. The van der Waals surface area contributed by atoms with Crippen molar-refractivity contribution in [3.8, 4) is 0 Å². The molecule has 166 valence electrons. The second-order valence-electron chi connectivity index (χ2n) is 8.52. The van der Waals surface area contributed by atoms with E-state index in [4.69, 9.17) is 4.74 Å². The first-order valence-electron chi connectivity index (χ1n) is 9.76. The lowest BCUT2D eigenvalue weighted by Gasteiger charge is -2.20. The summed E-state index contributed by atoms with van der Waals surface area (Å²) in [7, 11) is 0. The highest BCUT2D eigenvalue weighted by molar-refractivity contribution is 14.0. The van der Waals surface area contributed by atoms with Crippen LogP contribution in [0.3, 0.4) is 0 Å². The standard InChI is InChI=1S/C21H36N4O3.HI/c1-7-22-18(24-14-21(5,6)15-26)23-13-12-16-8-10-17(11-9-16)25-19(27)28-20(2,3)4;/h8-11,26H,7,12-15H2,1-6H3,(H,25,27)(H2,22,23,24);1H. The summed E-state index contributed by atoms with van der Waals surface area (Å²) >= 11 is 0. The molecule has 1 aromatic carbocycles. The van der Waals surface area contributed by atoms with Crippen LogP contribution < -0.4 is 16.0 Å². The molecule has 7 nitrogen and oxygen atoms in total. The summed E-state index contributed by atoms with van der Waals surface area (Å²) in [5, 5.41) is 18.6. The maximum Gasteiger partial charge on any atom is 0.412 e. The van der Waals surface area contributed by atoms with Crippen LogP contribution in [0.15, 0.2) is 29.3 Å². The van der Waals surface area contributed by atoms with Gasteiger partial charge in [-0.25, -0.2) is 4.79 Å². The lowest BCUT2D eigenvalue weighted by Crippen LogP contribution is -2.39. The van der Waals surface area contributed by atoms with Gasteiger partial charge in [-0.05, 0) is 51.8 Å². The van der Waals surface area contributed by atoms with E-state index in [1.165, 1.54) is 0 Å². The van der Waals surface area contributed by atoms with Crippen molar-refractivity contribution in [3.05, 3.63) is 29.8 Å². The number of aliphatic imine (C=N–C) groups is 1. The lowest BCUT2D eigenvalue weighted by molar-refractivity contribution is 0.0636. The van der Waals surface area contributed by atoms with Gasteiger partial charge in [0.05, 0.1) is 6.54 Å². The van der Waals surface area contributed by atoms with Gasteiger partial charge in [0, 0.05) is 30.8 Å². The molecular weight excluding hydrogens is 483 g/mol. The summed E-state index contributed by atoms with van der Waals surface area (Å²) in [6, 6.07) is 7.69. The van der Waals surface area contributed by atoms with Crippen molar-refractivity contribution in [1.82, 2.24) is 10.6 Å². The average Bonchev–Trinajstić information content (AvgIpc) is 2.59. The first-order valence-corrected chi connectivity index (χ1v) is 9.76. The van der Waals surface area contributed by atoms with E-state index in [9.17, 15) is 9.90 Å². The fraction of sp³-hybridized carbons (Fsp3) is 0.619. The summed E-state index contributed by atoms with van der Waals surface area (Å²) in [4.78, 5) is 16.3. The molecule has 0 aliphatic heterocycles. The van der Waals surface area contributed by atoms with Crippen molar-refractivity contribution in [2.75, 3.05) is 31.6 Å². The maximum atomic E-state index is 11.8. The average molecular weight is 520 g/mol. The first kappa shape index (κ1) is 27.5. The van der Waals surface area contributed by atoms with Crippen LogP contribution in [-0.2, 0) is 11.2 Å². The van der Waals surface area contributed by atoms with E-state index < -0.39 is 11.7 Å². The van der Waals surface area contributed by atoms with E-state index >= 15 is 0 Å². The van der Waals surface area contributed by atoms with Crippen molar-refractivity contribution in [2.45, 2.75) is 53.6 Å². The summed E-state index contributed by atoms with van der Waals surface area (Å²) in [5.41, 5.74) is 1.09. The minimum Gasteiger partial charge on any atom is -0.444 e. The monoisotopic (exact) mass is 520 g/mol. The molecule has 29 heavy (non-hydrogen) atoms. The molecule has 0 bridgehead atoms. The highest BCUT2D eigenvalue weighted by atomic mass is 127.